The molecule has 1 aliphatic rings. The van der Waals surface area contributed by atoms with Crippen molar-refractivity contribution in [3.05, 3.63) is 28.3 Å². The third-order valence-electron chi connectivity index (χ3n) is 3.05. The average Bonchev–Trinajstić information content (AvgIpc) is 2.95. The van der Waals surface area contributed by atoms with Gasteiger partial charge in [-0.25, -0.2) is 0 Å². The number of hydrogen-bond acceptors (Lipinski definition) is 2. The molecule has 76 valence electrons. The Balaban J connectivity index is 2.55. The number of methoxy groups -OCH3 is 1. The van der Waals surface area contributed by atoms with E-state index in [2.05, 4.69) is 32.2 Å². The third-order valence-corrected chi connectivity index (χ3v) is 3.05. The number of rotatable bonds is 2. The second-order valence-electron chi connectivity index (χ2n) is 4.03. The molecule has 0 bridgehead atoms. The third kappa shape index (κ3) is 1.40. The Morgan fingerprint density at radius 3 is 2.43 bits per heavy atom. The minimum Gasteiger partial charge on any atom is -0.496 e. The Morgan fingerprint density at radius 2 is 1.93 bits per heavy atom. The molecule has 14 heavy (non-hydrogen) atoms. The standard InChI is InChI=1S/C12H17NO/c1-7-5-10(11-6-13-11)8(2)9(3)12(7)14-4/h5,11,13H,6H2,1-4H3. The lowest BCUT2D eigenvalue weighted by Crippen LogP contribution is -1.99. The molecule has 1 fully saturated rings. The van der Waals surface area contributed by atoms with E-state index in [1.807, 2.05) is 0 Å². The van der Waals surface area contributed by atoms with E-state index in [-0.39, 0.29) is 0 Å². The fourth-order valence-corrected chi connectivity index (χ4v) is 2.04. The molecular weight excluding hydrogens is 174 g/mol. The zero-order valence-electron chi connectivity index (χ0n) is 9.27. The maximum atomic E-state index is 5.39. The minimum absolute atomic E-state index is 0.582. The van der Waals surface area contributed by atoms with E-state index in [9.17, 15) is 0 Å². The summed E-state index contributed by atoms with van der Waals surface area (Å²) in [5.74, 6) is 1.03. The van der Waals surface area contributed by atoms with E-state index >= 15 is 0 Å². The Bertz CT molecular complexity index is 367. The average molecular weight is 191 g/mol. The monoisotopic (exact) mass is 191 g/mol. The van der Waals surface area contributed by atoms with Crippen molar-refractivity contribution in [1.82, 2.24) is 5.32 Å². The highest BCUT2D eigenvalue weighted by Gasteiger charge is 2.25. The molecule has 0 amide bonds. The van der Waals surface area contributed by atoms with E-state index in [1.54, 1.807) is 7.11 Å². The molecule has 0 aliphatic carbocycles. The van der Waals surface area contributed by atoms with Gasteiger partial charge in [0.2, 0.25) is 0 Å². The van der Waals surface area contributed by atoms with Gasteiger partial charge in [-0.3, -0.25) is 0 Å². The molecule has 2 rings (SSSR count). The molecule has 2 nitrogen and oxygen atoms in total. The number of nitrogens with one attached hydrogen (secondary N) is 1. The molecule has 1 N–H and O–H groups in total. The summed E-state index contributed by atoms with van der Waals surface area (Å²) in [6.45, 7) is 7.53. The van der Waals surface area contributed by atoms with Gasteiger partial charge in [-0.15, -0.1) is 0 Å². The van der Waals surface area contributed by atoms with Crippen LogP contribution in [0.3, 0.4) is 0 Å². The fourth-order valence-electron chi connectivity index (χ4n) is 2.04. The van der Waals surface area contributed by atoms with Gasteiger partial charge in [-0.05, 0) is 43.0 Å². The van der Waals surface area contributed by atoms with Crippen molar-refractivity contribution in [2.24, 2.45) is 0 Å². The van der Waals surface area contributed by atoms with Gasteiger partial charge in [0.25, 0.3) is 0 Å². The molecule has 0 saturated carbocycles. The summed E-state index contributed by atoms with van der Waals surface area (Å²) in [5.41, 5.74) is 5.30. The molecule has 1 aliphatic heterocycles. The summed E-state index contributed by atoms with van der Waals surface area (Å²) in [7, 11) is 1.74. The van der Waals surface area contributed by atoms with Gasteiger partial charge in [0.1, 0.15) is 5.75 Å². The summed E-state index contributed by atoms with van der Waals surface area (Å²) in [4.78, 5) is 0. The molecule has 1 heterocycles. The van der Waals surface area contributed by atoms with E-state index in [0.717, 1.165) is 12.3 Å². The van der Waals surface area contributed by atoms with Gasteiger partial charge in [0.15, 0.2) is 0 Å². The lowest BCUT2D eigenvalue weighted by atomic mass is 9.97. The van der Waals surface area contributed by atoms with Crippen molar-refractivity contribution < 1.29 is 4.74 Å². The molecule has 0 aromatic heterocycles. The largest absolute Gasteiger partial charge is 0.496 e. The SMILES string of the molecule is COc1c(C)cc(C2CN2)c(C)c1C. The highest BCUT2D eigenvalue weighted by Crippen LogP contribution is 2.34. The van der Waals surface area contributed by atoms with Crippen LogP contribution in [0.4, 0.5) is 0 Å². The van der Waals surface area contributed by atoms with Crippen LogP contribution >= 0.6 is 0 Å². The van der Waals surface area contributed by atoms with E-state index in [1.165, 1.54) is 22.3 Å². The van der Waals surface area contributed by atoms with Crippen LogP contribution in [0.25, 0.3) is 0 Å². The number of ether oxygens (including phenoxy) is 1. The zero-order valence-corrected chi connectivity index (χ0v) is 9.27. The number of benzene rings is 1. The lowest BCUT2D eigenvalue weighted by Gasteiger charge is -2.14. The molecule has 0 spiro atoms. The molecule has 1 saturated heterocycles. The molecule has 1 atom stereocenters. The van der Waals surface area contributed by atoms with Crippen LogP contribution in [0.2, 0.25) is 0 Å². The van der Waals surface area contributed by atoms with Crippen molar-refractivity contribution in [3.63, 3.8) is 0 Å². The molecule has 1 aromatic rings. The number of aryl methyl sites for hydroxylation is 1. The van der Waals surface area contributed by atoms with Gasteiger partial charge in [-0.2, -0.15) is 0 Å². The summed E-state index contributed by atoms with van der Waals surface area (Å²) in [6.07, 6.45) is 0. The Hall–Kier alpha value is -1.02. The van der Waals surface area contributed by atoms with Crippen LogP contribution in [-0.2, 0) is 0 Å². The lowest BCUT2D eigenvalue weighted by molar-refractivity contribution is 0.408. The molecule has 2 heteroatoms. The predicted molar refractivity (Wildman–Crippen MR) is 57.9 cm³/mol. The predicted octanol–water partition coefficient (Wildman–Crippen LogP) is 2.26. The first-order valence-corrected chi connectivity index (χ1v) is 5.03. The van der Waals surface area contributed by atoms with Gasteiger partial charge >= 0.3 is 0 Å². The summed E-state index contributed by atoms with van der Waals surface area (Å²) in [6, 6.07) is 2.82. The summed E-state index contributed by atoms with van der Waals surface area (Å²) >= 11 is 0. The van der Waals surface area contributed by atoms with Crippen molar-refractivity contribution >= 4 is 0 Å². The van der Waals surface area contributed by atoms with E-state index in [0.29, 0.717) is 6.04 Å². The van der Waals surface area contributed by atoms with Crippen LogP contribution in [0, 0.1) is 20.8 Å². The van der Waals surface area contributed by atoms with Gasteiger partial charge in [-0.1, -0.05) is 6.07 Å². The highest BCUT2D eigenvalue weighted by molar-refractivity contribution is 5.50. The smallest absolute Gasteiger partial charge is 0.124 e. The van der Waals surface area contributed by atoms with Gasteiger partial charge < -0.3 is 10.1 Å². The molecule has 0 radical (unpaired) electrons. The van der Waals surface area contributed by atoms with Crippen LogP contribution in [-0.4, -0.2) is 13.7 Å². The second kappa shape index (κ2) is 3.28. The normalized spacial score (nSPS) is 19.6. The van der Waals surface area contributed by atoms with E-state index < -0.39 is 0 Å². The van der Waals surface area contributed by atoms with Crippen LogP contribution in [0.15, 0.2) is 6.07 Å². The van der Waals surface area contributed by atoms with Crippen molar-refractivity contribution in [2.75, 3.05) is 13.7 Å². The molecule has 1 unspecified atom stereocenters. The fraction of sp³-hybridized carbons (Fsp3) is 0.500. The van der Waals surface area contributed by atoms with Crippen molar-refractivity contribution in [3.8, 4) is 5.75 Å². The van der Waals surface area contributed by atoms with Gasteiger partial charge in [0, 0.05) is 12.6 Å². The quantitative estimate of drug-likeness (QED) is 0.727. The Labute approximate surface area is 85.3 Å². The first-order valence-electron chi connectivity index (χ1n) is 5.03. The van der Waals surface area contributed by atoms with Gasteiger partial charge in [0.05, 0.1) is 7.11 Å². The Morgan fingerprint density at radius 1 is 1.29 bits per heavy atom. The van der Waals surface area contributed by atoms with Crippen molar-refractivity contribution in [1.29, 1.82) is 0 Å². The second-order valence-corrected chi connectivity index (χ2v) is 4.03. The Kier molecular flexibility index (Phi) is 2.23. The molecular formula is C12H17NO. The number of hydrogen-bond donors (Lipinski definition) is 1. The van der Waals surface area contributed by atoms with E-state index in [4.69, 9.17) is 4.74 Å². The van der Waals surface area contributed by atoms with Crippen molar-refractivity contribution in [2.45, 2.75) is 26.8 Å². The topological polar surface area (TPSA) is 31.2 Å². The maximum absolute atomic E-state index is 5.39. The summed E-state index contributed by atoms with van der Waals surface area (Å²) in [5, 5.41) is 3.34. The highest BCUT2D eigenvalue weighted by atomic mass is 16.5. The first kappa shape index (κ1) is 9.53. The summed E-state index contributed by atoms with van der Waals surface area (Å²) < 4.78 is 5.39. The van der Waals surface area contributed by atoms with Crippen LogP contribution in [0.1, 0.15) is 28.3 Å². The van der Waals surface area contributed by atoms with Crippen LogP contribution < -0.4 is 10.1 Å². The zero-order chi connectivity index (χ0) is 10.3. The maximum Gasteiger partial charge on any atom is 0.124 e. The first-order chi connectivity index (χ1) is 6.65. The minimum atomic E-state index is 0.582. The molecule has 1 aromatic carbocycles. The van der Waals surface area contributed by atoms with Crippen LogP contribution in [0.5, 0.6) is 5.75 Å².